The number of rotatable bonds is 12. The third-order valence-corrected chi connectivity index (χ3v) is 4.64. The Labute approximate surface area is 178 Å². The Hall–Kier alpha value is -3.46. The smallest absolute Gasteiger partial charge is 0.263 e. The van der Waals surface area contributed by atoms with Crippen molar-refractivity contribution in [3.05, 3.63) is 71.4 Å². The quantitative estimate of drug-likeness (QED) is 0.320. The molecule has 0 radical (unpaired) electrons. The van der Waals surface area contributed by atoms with Crippen LogP contribution in [0.3, 0.4) is 0 Å². The van der Waals surface area contributed by atoms with Crippen LogP contribution in [0.4, 0.5) is 0 Å². The molecule has 2 aromatic carbocycles. The van der Waals surface area contributed by atoms with Gasteiger partial charge in [0.1, 0.15) is 11.6 Å². The van der Waals surface area contributed by atoms with Crippen LogP contribution in [0.15, 0.2) is 60.3 Å². The number of amides is 1. The monoisotopic (exact) mass is 407 g/mol. The number of methoxy groups -OCH3 is 2. The van der Waals surface area contributed by atoms with Crippen molar-refractivity contribution in [1.82, 2.24) is 10.6 Å². The van der Waals surface area contributed by atoms with Crippen molar-refractivity contribution in [2.24, 2.45) is 0 Å². The van der Waals surface area contributed by atoms with Crippen molar-refractivity contribution in [3.8, 4) is 17.6 Å². The van der Waals surface area contributed by atoms with E-state index in [1.54, 1.807) is 14.2 Å². The maximum atomic E-state index is 12.2. The molecule has 1 amide bonds. The summed E-state index contributed by atoms with van der Waals surface area (Å²) in [6.45, 7) is 1.14. The van der Waals surface area contributed by atoms with Gasteiger partial charge in [0.2, 0.25) is 0 Å². The summed E-state index contributed by atoms with van der Waals surface area (Å²) < 4.78 is 10.5. The second kappa shape index (κ2) is 12.9. The summed E-state index contributed by atoms with van der Waals surface area (Å²) in [5.41, 5.74) is 2.40. The lowest BCUT2D eigenvalue weighted by Gasteiger charge is -2.10. The second-order valence-corrected chi connectivity index (χ2v) is 6.76. The van der Waals surface area contributed by atoms with Crippen LogP contribution < -0.4 is 20.1 Å². The van der Waals surface area contributed by atoms with E-state index in [1.165, 1.54) is 11.8 Å². The van der Waals surface area contributed by atoms with E-state index in [4.69, 9.17) is 9.47 Å². The molecule has 2 rings (SSSR count). The number of hydrogen-bond acceptors (Lipinski definition) is 5. The fourth-order valence-electron chi connectivity index (χ4n) is 2.98. The first-order valence-electron chi connectivity index (χ1n) is 10.0. The minimum Gasteiger partial charge on any atom is -0.493 e. The predicted octanol–water partition coefficient (Wildman–Crippen LogP) is 3.38. The van der Waals surface area contributed by atoms with Crippen LogP contribution >= 0.6 is 0 Å². The van der Waals surface area contributed by atoms with E-state index >= 15 is 0 Å². The lowest BCUT2D eigenvalue weighted by atomic mass is 10.1. The van der Waals surface area contributed by atoms with Gasteiger partial charge in [-0.15, -0.1) is 0 Å². The van der Waals surface area contributed by atoms with Crippen LogP contribution in [0.5, 0.6) is 11.5 Å². The molecule has 6 nitrogen and oxygen atoms in total. The fraction of sp³-hybridized carbons (Fsp3) is 0.333. The molecule has 0 spiro atoms. The first-order valence-corrected chi connectivity index (χ1v) is 10.0. The number of ether oxygens (including phenoxy) is 2. The average Bonchev–Trinajstić information content (AvgIpc) is 2.79. The van der Waals surface area contributed by atoms with Crippen LogP contribution in [0.1, 0.15) is 24.0 Å². The summed E-state index contributed by atoms with van der Waals surface area (Å²) in [7, 11) is 3.17. The van der Waals surface area contributed by atoms with E-state index in [0.717, 1.165) is 31.4 Å². The van der Waals surface area contributed by atoms with Gasteiger partial charge in [-0.3, -0.25) is 4.79 Å². The van der Waals surface area contributed by atoms with Gasteiger partial charge in [0.25, 0.3) is 5.91 Å². The Kier molecular flexibility index (Phi) is 9.81. The number of nitrogens with one attached hydrogen (secondary N) is 2. The molecule has 0 saturated carbocycles. The molecule has 2 N–H and O–H groups in total. The number of aryl methyl sites for hydroxylation is 1. The molecule has 0 aliphatic heterocycles. The summed E-state index contributed by atoms with van der Waals surface area (Å²) in [5, 5.41) is 15.1. The number of nitrogens with zero attached hydrogens (tertiary/aromatic N) is 1. The number of benzene rings is 2. The SMILES string of the molecule is COc1ccc(CCNC(=O)/C(C#N)=C\NCCCCc2ccccc2)cc1OC. The van der Waals surface area contributed by atoms with Crippen molar-refractivity contribution in [1.29, 1.82) is 5.26 Å². The number of unbranched alkanes of at least 4 members (excludes halogenated alkanes) is 1. The topological polar surface area (TPSA) is 83.4 Å². The van der Waals surface area contributed by atoms with Gasteiger partial charge in [-0.25, -0.2) is 0 Å². The van der Waals surface area contributed by atoms with E-state index in [2.05, 4.69) is 22.8 Å². The van der Waals surface area contributed by atoms with Crippen LogP contribution in [0.2, 0.25) is 0 Å². The highest BCUT2D eigenvalue weighted by atomic mass is 16.5. The molecule has 0 heterocycles. The molecule has 30 heavy (non-hydrogen) atoms. The fourth-order valence-corrected chi connectivity index (χ4v) is 2.98. The highest BCUT2D eigenvalue weighted by molar-refractivity contribution is 5.97. The predicted molar refractivity (Wildman–Crippen MR) is 117 cm³/mol. The largest absolute Gasteiger partial charge is 0.493 e. The zero-order chi connectivity index (χ0) is 21.6. The van der Waals surface area contributed by atoms with Crippen molar-refractivity contribution >= 4 is 5.91 Å². The third-order valence-electron chi connectivity index (χ3n) is 4.64. The molecule has 0 fully saturated rings. The van der Waals surface area contributed by atoms with Gasteiger partial charge in [0, 0.05) is 19.3 Å². The molecule has 2 aromatic rings. The van der Waals surface area contributed by atoms with Gasteiger partial charge < -0.3 is 20.1 Å². The lowest BCUT2D eigenvalue weighted by molar-refractivity contribution is -0.117. The van der Waals surface area contributed by atoms with Crippen LogP contribution in [0.25, 0.3) is 0 Å². The molecule has 158 valence electrons. The zero-order valence-electron chi connectivity index (χ0n) is 17.6. The van der Waals surface area contributed by atoms with Crippen molar-refractivity contribution in [2.75, 3.05) is 27.3 Å². The Morgan fingerprint density at radius 1 is 0.967 bits per heavy atom. The molecular weight excluding hydrogens is 378 g/mol. The molecule has 0 bridgehead atoms. The van der Waals surface area contributed by atoms with Gasteiger partial charge in [-0.1, -0.05) is 36.4 Å². The average molecular weight is 408 g/mol. The summed E-state index contributed by atoms with van der Waals surface area (Å²) in [6.07, 6.45) is 5.15. The van der Waals surface area contributed by atoms with Gasteiger partial charge >= 0.3 is 0 Å². The number of carbonyl (C=O) groups excluding carboxylic acids is 1. The molecule has 0 aliphatic carbocycles. The minimum absolute atomic E-state index is 0.0744. The van der Waals surface area contributed by atoms with E-state index in [1.807, 2.05) is 42.5 Å². The molecular formula is C24H29N3O3. The maximum absolute atomic E-state index is 12.2. The van der Waals surface area contributed by atoms with Crippen LogP contribution in [-0.4, -0.2) is 33.2 Å². The Bertz CT molecular complexity index is 873. The van der Waals surface area contributed by atoms with Crippen LogP contribution in [0, 0.1) is 11.3 Å². The number of carbonyl (C=O) groups is 1. The third kappa shape index (κ3) is 7.51. The minimum atomic E-state index is -0.380. The maximum Gasteiger partial charge on any atom is 0.263 e. The molecule has 0 aromatic heterocycles. The summed E-state index contributed by atoms with van der Waals surface area (Å²) in [4.78, 5) is 12.2. The molecule has 0 unspecified atom stereocenters. The molecule has 6 heteroatoms. The molecule has 0 saturated heterocycles. The first kappa shape index (κ1) is 22.8. The summed E-state index contributed by atoms with van der Waals surface area (Å²) in [5.74, 6) is 0.931. The number of nitriles is 1. The molecule has 0 aliphatic rings. The Morgan fingerprint density at radius 2 is 1.73 bits per heavy atom. The van der Waals surface area contributed by atoms with E-state index in [9.17, 15) is 10.1 Å². The molecule has 0 atom stereocenters. The van der Waals surface area contributed by atoms with Gasteiger partial charge in [-0.2, -0.15) is 5.26 Å². The first-order chi connectivity index (χ1) is 14.7. The Morgan fingerprint density at radius 3 is 2.43 bits per heavy atom. The van der Waals surface area contributed by atoms with Crippen molar-refractivity contribution in [2.45, 2.75) is 25.7 Å². The normalized spacial score (nSPS) is 10.8. The van der Waals surface area contributed by atoms with E-state index < -0.39 is 0 Å². The highest BCUT2D eigenvalue weighted by Crippen LogP contribution is 2.27. The zero-order valence-corrected chi connectivity index (χ0v) is 17.6. The summed E-state index contributed by atoms with van der Waals surface area (Å²) >= 11 is 0. The van der Waals surface area contributed by atoms with Crippen molar-refractivity contribution < 1.29 is 14.3 Å². The van der Waals surface area contributed by atoms with Gasteiger partial charge in [-0.05, 0) is 48.9 Å². The van der Waals surface area contributed by atoms with E-state index in [0.29, 0.717) is 24.5 Å². The van der Waals surface area contributed by atoms with Crippen LogP contribution in [-0.2, 0) is 17.6 Å². The van der Waals surface area contributed by atoms with Gasteiger partial charge in [0.15, 0.2) is 11.5 Å². The Balaban J connectivity index is 1.70. The van der Waals surface area contributed by atoms with Crippen molar-refractivity contribution in [3.63, 3.8) is 0 Å². The highest BCUT2D eigenvalue weighted by Gasteiger charge is 2.09. The lowest BCUT2D eigenvalue weighted by Crippen LogP contribution is -2.27. The standard InChI is InChI=1S/C24H29N3O3/c1-29-22-12-11-20(16-23(22)30-2)13-15-27-24(28)21(17-25)18-26-14-7-6-10-19-8-4-3-5-9-19/h3-5,8-9,11-12,16,18,26H,6-7,10,13-15H2,1-2H3,(H,27,28)/b21-18-. The number of hydrogen-bond donors (Lipinski definition) is 2. The second-order valence-electron chi connectivity index (χ2n) is 6.76. The van der Waals surface area contributed by atoms with Gasteiger partial charge in [0.05, 0.1) is 14.2 Å². The summed E-state index contributed by atoms with van der Waals surface area (Å²) in [6, 6.07) is 17.9. The van der Waals surface area contributed by atoms with E-state index in [-0.39, 0.29) is 11.5 Å².